The van der Waals surface area contributed by atoms with Crippen LogP contribution in [0.15, 0.2) is 18.2 Å². The maximum absolute atomic E-state index is 6.38. The fraction of sp³-hybridized carbons (Fsp3) is 0.625. The molecule has 2 atom stereocenters. The van der Waals surface area contributed by atoms with Gasteiger partial charge in [0.25, 0.3) is 0 Å². The van der Waals surface area contributed by atoms with E-state index in [1.165, 1.54) is 31.5 Å². The molecule has 3 aliphatic heterocycles. The highest BCUT2D eigenvalue weighted by Crippen LogP contribution is 2.46. The molecule has 0 radical (unpaired) electrons. The summed E-state index contributed by atoms with van der Waals surface area (Å²) in [5, 5.41) is 4.23. The van der Waals surface area contributed by atoms with Crippen LogP contribution in [0.5, 0.6) is 5.75 Å². The van der Waals surface area contributed by atoms with Crippen molar-refractivity contribution >= 4 is 11.6 Å². The number of hydrogen-bond acceptors (Lipinski definition) is 3. The number of nitrogens with one attached hydrogen (secondary N) is 1. The Balaban J connectivity index is 1.73. The lowest BCUT2D eigenvalue weighted by Gasteiger charge is -2.42. The second-order valence-electron chi connectivity index (χ2n) is 6.36. The molecule has 3 aliphatic rings. The molecular formula is C16H21ClN2O. The number of halogens is 1. The van der Waals surface area contributed by atoms with E-state index in [1.807, 2.05) is 12.1 Å². The minimum Gasteiger partial charge on any atom is -0.485 e. The minimum absolute atomic E-state index is 0.0229. The van der Waals surface area contributed by atoms with Crippen molar-refractivity contribution in [3.8, 4) is 5.75 Å². The van der Waals surface area contributed by atoms with Gasteiger partial charge >= 0.3 is 0 Å². The minimum atomic E-state index is -0.0229. The number of likely N-dealkylation sites (tertiary alicyclic amines) is 1. The maximum Gasteiger partial charge on any atom is 0.126 e. The molecule has 3 nitrogen and oxygen atoms in total. The summed E-state index contributed by atoms with van der Waals surface area (Å²) >= 11 is 6.17. The van der Waals surface area contributed by atoms with E-state index in [4.69, 9.17) is 16.3 Å². The Morgan fingerprint density at radius 2 is 2.15 bits per heavy atom. The summed E-state index contributed by atoms with van der Waals surface area (Å²) in [5.41, 5.74) is 1.30. The molecule has 4 rings (SSSR count). The number of benzene rings is 1. The summed E-state index contributed by atoms with van der Waals surface area (Å²) in [6.45, 7) is 4.46. The van der Waals surface area contributed by atoms with Gasteiger partial charge in [-0.3, -0.25) is 4.90 Å². The zero-order valence-electron chi connectivity index (χ0n) is 11.7. The number of rotatable bonds is 1. The van der Waals surface area contributed by atoms with Crippen LogP contribution in [0.25, 0.3) is 0 Å². The van der Waals surface area contributed by atoms with E-state index >= 15 is 0 Å². The number of nitrogens with zero attached hydrogens (tertiary/aromatic N) is 1. The maximum atomic E-state index is 6.38. The molecule has 20 heavy (non-hydrogen) atoms. The van der Waals surface area contributed by atoms with Gasteiger partial charge in [-0.2, -0.15) is 0 Å². The lowest BCUT2D eigenvalue weighted by Crippen LogP contribution is -2.46. The smallest absolute Gasteiger partial charge is 0.126 e. The van der Waals surface area contributed by atoms with Gasteiger partial charge in [-0.25, -0.2) is 0 Å². The van der Waals surface area contributed by atoms with Crippen LogP contribution in [0, 0.1) is 0 Å². The number of ether oxygens (including phenoxy) is 1. The Morgan fingerprint density at radius 3 is 2.90 bits per heavy atom. The van der Waals surface area contributed by atoms with Gasteiger partial charge in [-0.1, -0.05) is 17.7 Å². The fourth-order valence-corrected chi connectivity index (χ4v) is 4.13. The first-order valence-electron chi connectivity index (χ1n) is 7.69. The van der Waals surface area contributed by atoms with E-state index < -0.39 is 0 Å². The molecule has 0 bridgehead atoms. The van der Waals surface area contributed by atoms with Crippen LogP contribution in [0.2, 0.25) is 5.02 Å². The quantitative estimate of drug-likeness (QED) is 0.861. The first-order valence-corrected chi connectivity index (χ1v) is 8.07. The largest absolute Gasteiger partial charge is 0.485 e. The van der Waals surface area contributed by atoms with Crippen LogP contribution < -0.4 is 10.1 Å². The van der Waals surface area contributed by atoms with Crippen LogP contribution in [-0.2, 0) is 0 Å². The Morgan fingerprint density at radius 1 is 1.30 bits per heavy atom. The summed E-state index contributed by atoms with van der Waals surface area (Å²) in [7, 11) is 0. The topological polar surface area (TPSA) is 24.5 Å². The zero-order chi connectivity index (χ0) is 13.6. The fourth-order valence-electron chi connectivity index (χ4n) is 3.97. The third-order valence-corrected chi connectivity index (χ3v) is 5.25. The first-order chi connectivity index (χ1) is 9.76. The number of fused-ring (bicyclic) bond motifs is 1. The monoisotopic (exact) mass is 292 g/mol. The molecule has 0 saturated carbocycles. The summed E-state index contributed by atoms with van der Waals surface area (Å²) in [4.78, 5) is 2.63. The van der Waals surface area contributed by atoms with Gasteiger partial charge < -0.3 is 10.1 Å². The molecule has 3 heterocycles. The SMILES string of the molecule is Clc1ccc2c(c1)OC1(CCNC1)CC2N1CCCC1. The van der Waals surface area contributed by atoms with Crippen LogP contribution in [-0.4, -0.2) is 36.7 Å². The first kappa shape index (κ1) is 12.9. The molecular weight excluding hydrogens is 272 g/mol. The molecule has 2 fully saturated rings. The van der Waals surface area contributed by atoms with E-state index in [0.29, 0.717) is 6.04 Å². The summed E-state index contributed by atoms with van der Waals surface area (Å²) in [6.07, 6.45) is 4.86. The Bertz CT molecular complexity index is 507. The zero-order valence-corrected chi connectivity index (χ0v) is 12.5. The molecule has 1 aromatic carbocycles. The van der Waals surface area contributed by atoms with E-state index in [2.05, 4.69) is 16.3 Å². The van der Waals surface area contributed by atoms with Gasteiger partial charge in [0, 0.05) is 36.0 Å². The van der Waals surface area contributed by atoms with Gasteiger partial charge in [0.05, 0.1) is 0 Å². The second kappa shape index (κ2) is 4.90. The van der Waals surface area contributed by atoms with Crippen LogP contribution in [0.3, 0.4) is 0 Å². The molecule has 0 aliphatic carbocycles. The average molecular weight is 293 g/mol. The molecule has 108 valence electrons. The van der Waals surface area contributed by atoms with Gasteiger partial charge in [-0.05, 0) is 44.6 Å². The highest BCUT2D eigenvalue weighted by atomic mass is 35.5. The van der Waals surface area contributed by atoms with E-state index in [-0.39, 0.29) is 5.60 Å². The number of hydrogen-bond donors (Lipinski definition) is 1. The Labute approximate surface area is 125 Å². The Hall–Kier alpha value is -0.770. The third-order valence-electron chi connectivity index (χ3n) is 5.01. The van der Waals surface area contributed by atoms with Crippen molar-refractivity contribution in [2.45, 2.75) is 37.3 Å². The molecule has 0 amide bonds. The van der Waals surface area contributed by atoms with Gasteiger partial charge in [0.1, 0.15) is 11.4 Å². The molecule has 1 N–H and O–H groups in total. The highest BCUT2D eigenvalue weighted by Gasteiger charge is 2.45. The molecule has 0 aromatic heterocycles. The molecule has 1 aromatic rings. The second-order valence-corrected chi connectivity index (χ2v) is 6.79. The van der Waals surface area contributed by atoms with Crippen molar-refractivity contribution in [3.63, 3.8) is 0 Å². The molecule has 2 saturated heterocycles. The van der Waals surface area contributed by atoms with Gasteiger partial charge in [0.15, 0.2) is 0 Å². The van der Waals surface area contributed by atoms with Crippen molar-refractivity contribution in [1.82, 2.24) is 10.2 Å². The van der Waals surface area contributed by atoms with Crippen molar-refractivity contribution < 1.29 is 4.74 Å². The van der Waals surface area contributed by atoms with E-state index in [1.54, 1.807) is 0 Å². The molecule has 4 heteroatoms. The third kappa shape index (κ3) is 2.12. The van der Waals surface area contributed by atoms with Crippen LogP contribution in [0.4, 0.5) is 0 Å². The molecule has 1 spiro atoms. The normalized spacial score (nSPS) is 33.4. The average Bonchev–Trinajstić information content (AvgIpc) is 3.09. The van der Waals surface area contributed by atoms with Crippen LogP contribution >= 0.6 is 11.6 Å². The van der Waals surface area contributed by atoms with Gasteiger partial charge in [0.2, 0.25) is 0 Å². The molecule has 2 unspecified atom stereocenters. The Kier molecular flexibility index (Phi) is 3.17. The summed E-state index contributed by atoms with van der Waals surface area (Å²) in [6, 6.07) is 6.66. The predicted molar refractivity (Wildman–Crippen MR) is 80.5 cm³/mol. The standard InChI is InChI=1S/C16H21ClN2O/c17-12-3-4-13-14(19-7-1-2-8-19)10-16(5-6-18-11-16)20-15(13)9-12/h3-4,9,14,18H,1-2,5-8,10-11H2. The van der Waals surface area contributed by atoms with Crippen molar-refractivity contribution in [1.29, 1.82) is 0 Å². The highest BCUT2D eigenvalue weighted by molar-refractivity contribution is 6.30. The summed E-state index contributed by atoms with van der Waals surface area (Å²) in [5.74, 6) is 1.00. The van der Waals surface area contributed by atoms with Crippen molar-refractivity contribution in [2.75, 3.05) is 26.2 Å². The van der Waals surface area contributed by atoms with Crippen molar-refractivity contribution in [3.05, 3.63) is 28.8 Å². The van der Waals surface area contributed by atoms with Crippen LogP contribution in [0.1, 0.15) is 37.3 Å². The predicted octanol–water partition coefficient (Wildman–Crippen LogP) is 2.99. The lowest BCUT2D eigenvalue weighted by atomic mass is 9.85. The lowest BCUT2D eigenvalue weighted by molar-refractivity contribution is 0.0228. The summed E-state index contributed by atoms with van der Waals surface area (Å²) < 4.78 is 6.38. The van der Waals surface area contributed by atoms with E-state index in [9.17, 15) is 0 Å². The van der Waals surface area contributed by atoms with Gasteiger partial charge in [-0.15, -0.1) is 0 Å². The van der Waals surface area contributed by atoms with Crippen molar-refractivity contribution in [2.24, 2.45) is 0 Å². The van der Waals surface area contributed by atoms with E-state index in [0.717, 1.165) is 36.7 Å².